The third-order valence-electron chi connectivity index (χ3n) is 8.18. The van der Waals surface area contributed by atoms with Gasteiger partial charge in [-0.05, 0) is 64.0 Å². The summed E-state index contributed by atoms with van der Waals surface area (Å²) < 4.78 is 5.24. The first-order chi connectivity index (χ1) is 17.0. The second-order valence-corrected chi connectivity index (χ2v) is 11.0. The Morgan fingerprint density at radius 1 is 1.20 bits per heavy atom. The average molecular weight is 488 g/mol. The van der Waals surface area contributed by atoms with Gasteiger partial charge in [0.05, 0.1) is 5.60 Å². The molecule has 0 bridgehead atoms. The summed E-state index contributed by atoms with van der Waals surface area (Å²) in [5.74, 6) is 0.738. The number of hydrogen-bond donors (Lipinski definition) is 3. The summed E-state index contributed by atoms with van der Waals surface area (Å²) in [7, 11) is 3.68. The largest absolute Gasteiger partial charge is 0.385 e. The number of nitrogens with zero attached hydrogens (tertiary/aromatic N) is 1. The van der Waals surface area contributed by atoms with E-state index in [-0.39, 0.29) is 18.0 Å². The zero-order valence-corrected chi connectivity index (χ0v) is 22.4. The van der Waals surface area contributed by atoms with E-state index >= 15 is 0 Å². The number of piperidine rings is 1. The molecular formula is C29H49N3O3. The second-order valence-electron chi connectivity index (χ2n) is 11.0. The van der Waals surface area contributed by atoms with Gasteiger partial charge in [-0.1, -0.05) is 61.9 Å². The van der Waals surface area contributed by atoms with Crippen molar-refractivity contribution in [3.05, 3.63) is 35.4 Å². The number of likely N-dealkylation sites (tertiary alicyclic amines) is 1. The van der Waals surface area contributed by atoms with Crippen molar-refractivity contribution in [2.45, 2.75) is 89.2 Å². The first kappa shape index (κ1) is 27.9. The maximum absolute atomic E-state index is 13.4. The van der Waals surface area contributed by atoms with E-state index in [1.54, 1.807) is 7.11 Å². The van der Waals surface area contributed by atoms with Gasteiger partial charge in [-0.2, -0.15) is 0 Å². The summed E-state index contributed by atoms with van der Waals surface area (Å²) >= 11 is 0. The Morgan fingerprint density at radius 2 is 2.00 bits per heavy atom. The molecule has 2 amide bonds. The van der Waals surface area contributed by atoms with Crippen molar-refractivity contribution in [3.8, 4) is 0 Å². The number of amides is 2. The van der Waals surface area contributed by atoms with Crippen molar-refractivity contribution in [2.75, 3.05) is 40.4 Å². The number of aryl methyl sites for hydroxylation is 1. The number of rotatable bonds is 12. The number of likely N-dealkylation sites (N-methyl/N-ethyl adjacent to an activating group) is 1. The summed E-state index contributed by atoms with van der Waals surface area (Å²) in [6.07, 6.45) is 12.0. The van der Waals surface area contributed by atoms with Crippen LogP contribution in [0, 0.1) is 18.8 Å². The van der Waals surface area contributed by atoms with Crippen LogP contribution < -0.4 is 10.6 Å². The molecule has 198 valence electrons. The summed E-state index contributed by atoms with van der Waals surface area (Å²) in [5.41, 5.74) is 1.19. The summed E-state index contributed by atoms with van der Waals surface area (Å²) in [4.78, 5) is 15.3. The van der Waals surface area contributed by atoms with E-state index in [9.17, 15) is 9.90 Å². The Kier molecular flexibility index (Phi) is 11.3. The SMILES string of the molecule is CNC[C@H](CC1CCCCC1)NC(=O)N1CCC[C@@H]([C@@](O)(CCCCOC)c2cccc(C)c2)C1. The van der Waals surface area contributed by atoms with E-state index in [4.69, 9.17) is 4.74 Å². The monoisotopic (exact) mass is 487 g/mol. The normalized spacial score (nSPS) is 21.9. The average Bonchev–Trinajstić information content (AvgIpc) is 2.87. The number of carbonyl (C=O) groups excluding carboxylic acids is 1. The number of carbonyl (C=O) groups is 1. The molecular weight excluding hydrogens is 438 g/mol. The highest BCUT2D eigenvalue weighted by molar-refractivity contribution is 5.74. The standard InChI is InChI=1S/C29H49N3O3/c1-23-11-9-14-25(19-23)29(34,16-7-8-18-35-3)26-15-10-17-32(22-26)28(33)31-27(21-30-2)20-24-12-5-4-6-13-24/h9,11,14,19,24,26-27,30,34H,4-8,10,12-13,15-18,20-22H2,1-3H3,(H,31,33)/t26-,27+,29-/m1/s1. The lowest BCUT2D eigenvalue weighted by molar-refractivity contribution is -0.0564. The molecule has 0 aromatic heterocycles. The lowest BCUT2D eigenvalue weighted by atomic mass is 9.74. The van der Waals surface area contributed by atoms with Crippen LogP contribution in [-0.4, -0.2) is 62.5 Å². The molecule has 1 aromatic carbocycles. The molecule has 2 aliphatic rings. The van der Waals surface area contributed by atoms with Crippen LogP contribution in [0.25, 0.3) is 0 Å². The fourth-order valence-corrected chi connectivity index (χ4v) is 6.22. The highest BCUT2D eigenvalue weighted by Crippen LogP contribution is 2.40. The van der Waals surface area contributed by atoms with Gasteiger partial charge in [0.2, 0.25) is 0 Å². The van der Waals surface area contributed by atoms with Crippen LogP contribution in [0.4, 0.5) is 4.79 Å². The minimum atomic E-state index is -0.939. The van der Waals surface area contributed by atoms with Crippen LogP contribution in [-0.2, 0) is 10.3 Å². The van der Waals surface area contributed by atoms with Crippen LogP contribution in [0.2, 0.25) is 0 Å². The number of methoxy groups -OCH3 is 1. The zero-order chi connectivity index (χ0) is 25.1. The topological polar surface area (TPSA) is 73.8 Å². The lowest BCUT2D eigenvalue weighted by Crippen LogP contribution is -2.54. The van der Waals surface area contributed by atoms with Crippen molar-refractivity contribution in [1.82, 2.24) is 15.5 Å². The fourth-order valence-electron chi connectivity index (χ4n) is 6.22. The molecule has 1 saturated heterocycles. The molecule has 3 rings (SSSR count). The molecule has 0 unspecified atom stereocenters. The summed E-state index contributed by atoms with van der Waals surface area (Å²) in [6.45, 7) is 4.93. The Bertz CT molecular complexity index is 767. The molecule has 0 spiro atoms. The molecule has 6 heteroatoms. The van der Waals surface area contributed by atoms with Crippen LogP contribution in [0.3, 0.4) is 0 Å². The van der Waals surface area contributed by atoms with E-state index in [1.807, 2.05) is 18.0 Å². The van der Waals surface area contributed by atoms with Gasteiger partial charge in [0.15, 0.2) is 0 Å². The maximum atomic E-state index is 13.4. The van der Waals surface area contributed by atoms with Gasteiger partial charge in [-0.15, -0.1) is 0 Å². The van der Waals surface area contributed by atoms with E-state index < -0.39 is 5.60 Å². The number of nitrogens with one attached hydrogen (secondary N) is 2. The van der Waals surface area contributed by atoms with E-state index in [0.717, 1.165) is 62.2 Å². The van der Waals surface area contributed by atoms with Crippen LogP contribution in [0.1, 0.15) is 81.8 Å². The Balaban J connectivity index is 1.67. The van der Waals surface area contributed by atoms with E-state index in [1.165, 1.54) is 32.1 Å². The molecule has 3 atom stereocenters. The van der Waals surface area contributed by atoms with Gasteiger partial charge >= 0.3 is 6.03 Å². The van der Waals surface area contributed by atoms with Crippen molar-refractivity contribution in [1.29, 1.82) is 0 Å². The Morgan fingerprint density at radius 3 is 2.71 bits per heavy atom. The maximum Gasteiger partial charge on any atom is 0.317 e. The fraction of sp³-hybridized carbons (Fsp3) is 0.759. The molecule has 1 aliphatic carbocycles. The first-order valence-electron chi connectivity index (χ1n) is 13.9. The van der Waals surface area contributed by atoms with Crippen molar-refractivity contribution in [3.63, 3.8) is 0 Å². The predicted molar refractivity (Wildman–Crippen MR) is 143 cm³/mol. The van der Waals surface area contributed by atoms with Gasteiger partial charge in [0, 0.05) is 45.3 Å². The molecule has 1 saturated carbocycles. The molecule has 2 fully saturated rings. The van der Waals surface area contributed by atoms with Crippen LogP contribution in [0.15, 0.2) is 24.3 Å². The number of benzene rings is 1. The molecule has 3 N–H and O–H groups in total. The summed E-state index contributed by atoms with van der Waals surface area (Å²) in [5, 5.41) is 18.7. The van der Waals surface area contributed by atoms with Gasteiger partial charge in [0.1, 0.15) is 0 Å². The third kappa shape index (κ3) is 8.19. The minimum Gasteiger partial charge on any atom is -0.385 e. The first-order valence-corrected chi connectivity index (χ1v) is 13.9. The minimum absolute atomic E-state index is 0.0208. The Labute approximate surface area is 213 Å². The van der Waals surface area contributed by atoms with Crippen LogP contribution in [0.5, 0.6) is 0 Å². The number of aliphatic hydroxyl groups is 1. The van der Waals surface area contributed by atoms with Gasteiger partial charge in [-0.3, -0.25) is 0 Å². The highest BCUT2D eigenvalue weighted by atomic mass is 16.5. The molecule has 1 aromatic rings. The predicted octanol–water partition coefficient (Wildman–Crippen LogP) is 4.98. The lowest BCUT2D eigenvalue weighted by Gasteiger charge is -2.43. The van der Waals surface area contributed by atoms with E-state index in [2.05, 4.69) is 35.8 Å². The van der Waals surface area contributed by atoms with Gasteiger partial charge in [0.25, 0.3) is 0 Å². The van der Waals surface area contributed by atoms with Gasteiger partial charge < -0.3 is 25.4 Å². The molecule has 0 radical (unpaired) electrons. The van der Waals surface area contributed by atoms with Crippen molar-refractivity contribution >= 4 is 6.03 Å². The molecule has 35 heavy (non-hydrogen) atoms. The summed E-state index contributed by atoms with van der Waals surface area (Å²) in [6, 6.07) is 8.45. The zero-order valence-electron chi connectivity index (χ0n) is 22.4. The molecule has 1 aliphatic heterocycles. The second kappa shape index (κ2) is 14.2. The molecule has 6 nitrogen and oxygen atoms in total. The number of unbranched alkanes of at least 4 members (excludes halogenated alkanes) is 1. The Hall–Kier alpha value is -1.63. The van der Waals surface area contributed by atoms with Gasteiger partial charge in [-0.25, -0.2) is 4.79 Å². The number of urea groups is 1. The quantitative estimate of drug-likeness (QED) is 0.364. The van der Waals surface area contributed by atoms with Crippen molar-refractivity contribution < 1.29 is 14.6 Å². The van der Waals surface area contributed by atoms with Crippen LogP contribution >= 0.6 is 0 Å². The smallest absolute Gasteiger partial charge is 0.317 e. The number of hydrogen-bond acceptors (Lipinski definition) is 4. The third-order valence-corrected chi connectivity index (χ3v) is 8.18. The molecule has 1 heterocycles. The van der Waals surface area contributed by atoms with E-state index in [0.29, 0.717) is 19.6 Å². The van der Waals surface area contributed by atoms with Crippen molar-refractivity contribution in [2.24, 2.45) is 11.8 Å². The highest BCUT2D eigenvalue weighted by Gasteiger charge is 2.41. The number of ether oxygens (including phenoxy) is 1.